The van der Waals surface area contributed by atoms with Gasteiger partial charge in [0.1, 0.15) is 0 Å². The Morgan fingerprint density at radius 3 is 2.41 bits per heavy atom. The summed E-state index contributed by atoms with van der Waals surface area (Å²) in [6.07, 6.45) is 1.38. The van der Waals surface area contributed by atoms with Crippen molar-refractivity contribution >= 4 is 24.8 Å². The van der Waals surface area contributed by atoms with Gasteiger partial charge in [0.15, 0.2) is 5.76 Å². The van der Waals surface area contributed by atoms with Crippen molar-refractivity contribution in [2.75, 3.05) is 18.6 Å². The Balaban J connectivity index is 1.96. The Kier molecular flexibility index (Phi) is 6.53. The minimum Gasteiger partial charge on any atom is -0.459 e. The van der Waals surface area contributed by atoms with E-state index in [0.29, 0.717) is 5.56 Å². The van der Waals surface area contributed by atoms with Crippen molar-refractivity contribution in [3.63, 3.8) is 0 Å². The van der Waals surface area contributed by atoms with Gasteiger partial charge in [-0.3, -0.25) is 20.2 Å². The zero-order chi connectivity index (χ0) is 20.9. The fourth-order valence-electron chi connectivity index (χ4n) is 2.48. The van der Waals surface area contributed by atoms with Crippen LogP contribution in [0.2, 0.25) is 0 Å². The third-order valence-electron chi connectivity index (χ3n) is 3.80. The van der Waals surface area contributed by atoms with Crippen LogP contribution in [-0.4, -0.2) is 24.1 Å². The number of rotatable bonds is 9. The highest BCUT2D eigenvalue weighted by atomic mass is 31.2. The zero-order valence-electron chi connectivity index (χ0n) is 16.3. The molecule has 2 heterocycles. The maximum absolute atomic E-state index is 13.3. The van der Waals surface area contributed by atoms with E-state index in [9.17, 15) is 9.36 Å². The summed E-state index contributed by atoms with van der Waals surface area (Å²) in [6, 6.07) is 10.5. The quantitative estimate of drug-likeness (QED) is 0.396. The number of furan rings is 1. The first-order chi connectivity index (χ1) is 14.0. The molecule has 1 amide bonds. The van der Waals surface area contributed by atoms with Crippen LogP contribution in [0.3, 0.4) is 0 Å². The summed E-state index contributed by atoms with van der Waals surface area (Å²) in [5.41, 5.74) is 6.71. The molecule has 1 aromatic carbocycles. The van der Waals surface area contributed by atoms with Gasteiger partial charge in [-0.1, -0.05) is 17.7 Å². The van der Waals surface area contributed by atoms with Gasteiger partial charge in [-0.25, -0.2) is 0 Å². The fraction of sp³-hybridized carbons (Fsp3) is 0.263. The van der Waals surface area contributed by atoms with E-state index in [1.807, 2.05) is 31.2 Å². The lowest BCUT2D eigenvalue weighted by molar-refractivity contribution is 0.0934. The first-order valence-electron chi connectivity index (χ1n) is 9.04. The number of hydrogen-bond donors (Lipinski definition) is 2. The van der Waals surface area contributed by atoms with E-state index in [0.717, 1.165) is 5.56 Å². The first kappa shape index (κ1) is 20.9. The van der Waals surface area contributed by atoms with Crippen molar-refractivity contribution in [1.82, 2.24) is 10.4 Å². The molecule has 3 aromatic rings. The third-order valence-corrected chi connectivity index (χ3v) is 5.82. The predicted octanol–water partition coefficient (Wildman–Crippen LogP) is 3.89. The number of amides is 1. The number of anilines is 1. The second-order valence-electron chi connectivity index (χ2n) is 5.93. The Bertz CT molecular complexity index is 988. The molecule has 0 radical (unpaired) electrons. The van der Waals surface area contributed by atoms with Gasteiger partial charge in [-0.15, -0.1) is 0 Å². The van der Waals surface area contributed by atoms with Gasteiger partial charge in [0, 0.05) is 5.56 Å². The molecule has 0 spiro atoms. The first-order valence-corrected chi connectivity index (χ1v) is 10.6. The minimum atomic E-state index is -3.78. The van der Waals surface area contributed by atoms with Gasteiger partial charge < -0.3 is 17.9 Å². The van der Waals surface area contributed by atoms with Crippen molar-refractivity contribution in [2.45, 2.75) is 20.8 Å². The lowest BCUT2D eigenvalue weighted by Crippen LogP contribution is -2.31. The Morgan fingerprint density at radius 1 is 1.14 bits per heavy atom. The largest absolute Gasteiger partial charge is 0.459 e. The van der Waals surface area contributed by atoms with E-state index < -0.39 is 13.5 Å². The number of aryl methyl sites for hydroxylation is 1. The van der Waals surface area contributed by atoms with E-state index in [1.54, 1.807) is 19.9 Å². The fourth-order valence-corrected chi connectivity index (χ4v) is 4.04. The second kappa shape index (κ2) is 9.09. The molecule has 2 aromatic heterocycles. The number of aromatic nitrogens is 1. The number of hydrazine groups is 1. The number of nitrogens with one attached hydrogen (secondary N) is 2. The zero-order valence-corrected chi connectivity index (χ0v) is 17.2. The van der Waals surface area contributed by atoms with E-state index in [1.165, 1.54) is 12.3 Å². The second-order valence-corrected chi connectivity index (χ2v) is 7.86. The van der Waals surface area contributed by atoms with Crippen LogP contribution in [0.1, 0.15) is 30.0 Å². The summed E-state index contributed by atoms with van der Waals surface area (Å²) in [4.78, 5) is 16.5. The van der Waals surface area contributed by atoms with Gasteiger partial charge in [-0.05, 0) is 45.0 Å². The topological polar surface area (TPSA) is 116 Å². The standard InChI is InChI=1S/C19H22N3O6P/c1-4-26-29(24,27-5-2)19-18(22-21-16(23)15-7-6-12-25-15)28-17(20-19)14-10-8-13(3)9-11-14/h6-12,22H,4-5H2,1-3H3,(H,21,23). The number of carbonyl (C=O) groups is 1. The Labute approximate surface area is 167 Å². The molecule has 3 rings (SSSR count). The van der Waals surface area contributed by atoms with E-state index >= 15 is 0 Å². The van der Waals surface area contributed by atoms with Crippen molar-refractivity contribution in [2.24, 2.45) is 0 Å². The number of carbonyl (C=O) groups excluding carboxylic acids is 1. The summed E-state index contributed by atoms with van der Waals surface area (Å²) >= 11 is 0. The van der Waals surface area contributed by atoms with Gasteiger partial charge in [-0.2, -0.15) is 4.98 Å². The van der Waals surface area contributed by atoms with Crippen LogP contribution in [0.4, 0.5) is 5.88 Å². The van der Waals surface area contributed by atoms with E-state index in [2.05, 4.69) is 15.8 Å². The van der Waals surface area contributed by atoms with Crippen molar-refractivity contribution < 1.29 is 27.2 Å². The molecule has 0 atom stereocenters. The van der Waals surface area contributed by atoms with Gasteiger partial charge in [0.05, 0.1) is 19.5 Å². The van der Waals surface area contributed by atoms with Crippen LogP contribution in [-0.2, 0) is 13.6 Å². The molecule has 0 aliphatic carbocycles. The molecule has 0 aliphatic rings. The Hall–Kier alpha value is -2.87. The minimum absolute atomic E-state index is 0.0503. The molecule has 0 bridgehead atoms. The van der Waals surface area contributed by atoms with E-state index in [-0.39, 0.29) is 36.2 Å². The average molecular weight is 419 g/mol. The molecule has 154 valence electrons. The molecule has 0 aliphatic heterocycles. The highest BCUT2D eigenvalue weighted by molar-refractivity contribution is 7.62. The summed E-state index contributed by atoms with van der Waals surface area (Å²) in [7, 11) is -3.78. The molecule has 0 fully saturated rings. The molecular weight excluding hydrogens is 397 g/mol. The highest BCUT2D eigenvalue weighted by Crippen LogP contribution is 2.49. The average Bonchev–Trinajstić information content (AvgIpc) is 3.38. The maximum atomic E-state index is 13.3. The molecular formula is C19H22N3O6P. The number of hydrogen-bond acceptors (Lipinski definition) is 8. The normalized spacial score (nSPS) is 11.4. The highest BCUT2D eigenvalue weighted by Gasteiger charge is 2.36. The van der Waals surface area contributed by atoms with Crippen LogP contribution < -0.4 is 16.3 Å². The summed E-state index contributed by atoms with van der Waals surface area (Å²) < 4.78 is 34.8. The Morgan fingerprint density at radius 2 is 1.83 bits per heavy atom. The molecule has 9 nitrogen and oxygen atoms in total. The summed E-state index contributed by atoms with van der Waals surface area (Å²) in [6.45, 7) is 5.63. The monoisotopic (exact) mass is 419 g/mol. The number of nitrogens with zero attached hydrogens (tertiary/aromatic N) is 1. The van der Waals surface area contributed by atoms with Crippen LogP contribution in [0.5, 0.6) is 0 Å². The van der Waals surface area contributed by atoms with Crippen LogP contribution in [0, 0.1) is 6.92 Å². The van der Waals surface area contributed by atoms with E-state index in [4.69, 9.17) is 17.9 Å². The molecule has 2 N–H and O–H groups in total. The molecule has 0 saturated heterocycles. The van der Waals surface area contributed by atoms with Gasteiger partial charge >= 0.3 is 13.5 Å². The van der Waals surface area contributed by atoms with Gasteiger partial charge in [0.2, 0.25) is 17.2 Å². The summed E-state index contributed by atoms with van der Waals surface area (Å²) in [5, 5.41) is 0. The van der Waals surface area contributed by atoms with Crippen LogP contribution in [0.25, 0.3) is 11.5 Å². The molecule has 0 saturated carbocycles. The number of oxazole rings is 1. The SMILES string of the molecule is CCOP(=O)(OCC)c1nc(-c2ccc(C)cc2)oc1NNC(=O)c1ccco1. The lowest BCUT2D eigenvalue weighted by Gasteiger charge is -2.15. The smallest absolute Gasteiger partial charge is 0.385 e. The number of benzene rings is 1. The molecule has 10 heteroatoms. The third kappa shape index (κ3) is 4.76. The van der Waals surface area contributed by atoms with Gasteiger partial charge in [0.25, 0.3) is 0 Å². The van der Waals surface area contributed by atoms with Crippen molar-refractivity contribution in [3.8, 4) is 11.5 Å². The lowest BCUT2D eigenvalue weighted by atomic mass is 10.1. The van der Waals surface area contributed by atoms with Crippen molar-refractivity contribution in [3.05, 3.63) is 54.0 Å². The van der Waals surface area contributed by atoms with Crippen LogP contribution >= 0.6 is 7.60 Å². The maximum Gasteiger partial charge on any atom is 0.385 e. The van der Waals surface area contributed by atoms with Crippen LogP contribution in [0.15, 0.2) is 51.5 Å². The predicted molar refractivity (Wildman–Crippen MR) is 107 cm³/mol. The van der Waals surface area contributed by atoms with Crippen molar-refractivity contribution in [1.29, 1.82) is 0 Å². The molecule has 29 heavy (non-hydrogen) atoms. The molecule has 0 unspecified atom stereocenters. The summed E-state index contributed by atoms with van der Waals surface area (Å²) in [5.74, 6) is -0.299.